The fourth-order valence-electron chi connectivity index (χ4n) is 2.51. The maximum Gasteiger partial charge on any atom is 0.411 e. The van der Waals surface area contributed by atoms with Crippen molar-refractivity contribution in [1.82, 2.24) is 5.32 Å². The number of ether oxygens (including phenoxy) is 1. The van der Waals surface area contributed by atoms with Crippen LogP contribution in [0.3, 0.4) is 0 Å². The molecule has 0 bridgehead atoms. The van der Waals surface area contributed by atoms with Crippen molar-refractivity contribution in [3.05, 3.63) is 77.4 Å². The summed E-state index contributed by atoms with van der Waals surface area (Å²) >= 11 is 0. The van der Waals surface area contributed by atoms with Crippen molar-refractivity contribution in [3.8, 4) is 0 Å². The molecule has 4 heteroatoms. The van der Waals surface area contributed by atoms with Crippen LogP contribution in [0.5, 0.6) is 0 Å². The summed E-state index contributed by atoms with van der Waals surface area (Å²) in [5.74, 6) is -0.00605. The molecule has 0 aliphatic rings. The highest BCUT2D eigenvalue weighted by Gasteiger charge is 2.12. The minimum Gasteiger partial charge on any atom is -0.444 e. The van der Waals surface area contributed by atoms with Crippen molar-refractivity contribution in [3.63, 3.8) is 0 Å². The van der Waals surface area contributed by atoms with Gasteiger partial charge in [-0.2, -0.15) is 0 Å². The molecule has 2 rings (SSSR count). The zero-order valence-electron chi connectivity index (χ0n) is 15.3. The molecule has 4 nitrogen and oxygen atoms in total. The lowest BCUT2D eigenvalue weighted by Crippen LogP contribution is -2.24. The Morgan fingerprint density at radius 2 is 1.73 bits per heavy atom. The van der Waals surface area contributed by atoms with Crippen LogP contribution in [-0.4, -0.2) is 11.9 Å². The Morgan fingerprint density at radius 3 is 2.42 bits per heavy atom. The number of carbonyl (C=O) groups is 2. The van der Waals surface area contributed by atoms with Gasteiger partial charge in [0.1, 0.15) is 6.61 Å². The second-order valence-corrected chi connectivity index (χ2v) is 6.13. The third kappa shape index (κ3) is 6.20. The average Bonchev–Trinajstić information content (AvgIpc) is 2.65. The van der Waals surface area contributed by atoms with Gasteiger partial charge >= 0.3 is 6.09 Å². The van der Waals surface area contributed by atoms with Crippen molar-refractivity contribution in [2.75, 3.05) is 0 Å². The first-order valence-electron chi connectivity index (χ1n) is 8.88. The van der Waals surface area contributed by atoms with E-state index in [0.29, 0.717) is 12.1 Å². The largest absolute Gasteiger partial charge is 0.444 e. The summed E-state index contributed by atoms with van der Waals surface area (Å²) < 4.78 is 5.28. The fourth-order valence-corrected chi connectivity index (χ4v) is 2.51. The summed E-state index contributed by atoms with van der Waals surface area (Å²) in [7, 11) is 0. The summed E-state index contributed by atoms with van der Waals surface area (Å²) in [6, 6.07) is 17.1. The number of hydrogen-bond acceptors (Lipinski definition) is 3. The summed E-state index contributed by atoms with van der Waals surface area (Å²) in [5.41, 5.74) is 3.17. The standard InChI is InChI=1S/C22H25NO3/c1-3-4-13-19(24)15-21(20-14-9-8-10-17(20)2)23-22(25)26-16-18-11-6-5-7-12-18/h5-12,14-15H,3-4,13,16H2,1-2H3,(H,23,25)/b21-15-. The summed E-state index contributed by atoms with van der Waals surface area (Å²) in [6.07, 6.45) is 3.17. The van der Waals surface area contributed by atoms with E-state index in [9.17, 15) is 9.59 Å². The Balaban J connectivity index is 2.10. The number of carbonyl (C=O) groups excluding carboxylic acids is 2. The van der Waals surface area contributed by atoms with Gasteiger partial charge in [0.2, 0.25) is 0 Å². The molecule has 0 fully saturated rings. The first kappa shape index (κ1) is 19.4. The first-order valence-corrected chi connectivity index (χ1v) is 8.88. The van der Waals surface area contributed by atoms with Gasteiger partial charge in [-0.05, 0) is 24.5 Å². The zero-order valence-corrected chi connectivity index (χ0v) is 15.3. The molecule has 136 valence electrons. The van der Waals surface area contributed by atoms with E-state index in [2.05, 4.69) is 5.32 Å². The van der Waals surface area contributed by atoms with Crippen molar-refractivity contribution >= 4 is 17.6 Å². The Bertz CT molecular complexity index is 766. The van der Waals surface area contributed by atoms with E-state index >= 15 is 0 Å². The summed E-state index contributed by atoms with van der Waals surface area (Å²) in [5, 5.41) is 2.73. The number of hydrogen-bond donors (Lipinski definition) is 1. The highest BCUT2D eigenvalue weighted by atomic mass is 16.5. The van der Waals surface area contributed by atoms with Crippen LogP contribution in [0.1, 0.15) is 42.9 Å². The maximum absolute atomic E-state index is 12.2. The van der Waals surface area contributed by atoms with Crippen LogP contribution in [0.4, 0.5) is 4.79 Å². The molecule has 0 aromatic heterocycles. The fraction of sp³-hybridized carbons (Fsp3) is 0.273. The number of ketones is 1. The highest BCUT2D eigenvalue weighted by Crippen LogP contribution is 2.17. The van der Waals surface area contributed by atoms with Gasteiger partial charge in [-0.3, -0.25) is 10.1 Å². The molecule has 0 heterocycles. The van der Waals surface area contributed by atoms with E-state index in [1.807, 2.05) is 68.4 Å². The molecule has 26 heavy (non-hydrogen) atoms. The topological polar surface area (TPSA) is 55.4 Å². The third-order valence-electron chi connectivity index (χ3n) is 3.97. The number of amides is 1. The SMILES string of the molecule is CCCCC(=O)/C=C(\NC(=O)OCc1ccccc1)c1ccccc1C. The Morgan fingerprint density at radius 1 is 1.04 bits per heavy atom. The van der Waals surface area contributed by atoms with Gasteiger partial charge in [-0.25, -0.2) is 4.79 Å². The molecule has 0 aliphatic carbocycles. The molecule has 0 spiro atoms. The van der Waals surface area contributed by atoms with Crippen LogP contribution >= 0.6 is 0 Å². The molecular formula is C22H25NO3. The first-order chi connectivity index (χ1) is 12.6. The smallest absolute Gasteiger partial charge is 0.411 e. The van der Waals surface area contributed by atoms with Gasteiger partial charge in [0.15, 0.2) is 5.78 Å². The molecular weight excluding hydrogens is 326 g/mol. The molecule has 0 unspecified atom stereocenters. The number of rotatable bonds is 8. The second-order valence-electron chi connectivity index (χ2n) is 6.13. The Labute approximate surface area is 154 Å². The zero-order chi connectivity index (χ0) is 18.8. The van der Waals surface area contributed by atoms with E-state index in [1.54, 1.807) is 0 Å². The molecule has 0 saturated heterocycles. The van der Waals surface area contributed by atoms with Crippen molar-refractivity contribution in [1.29, 1.82) is 0 Å². The van der Waals surface area contributed by atoms with E-state index in [-0.39, 0.29) is 12.4 Å². The second kappa shape index (κ2) is 10.2. The van der Waals surface area contributed by atoms with E-state index in [4.69, 9.17) is 4.74 Å². The highest BCUT2D eigenvalue weighted by molar-refractivity contribution is 5.99. The van der Waals surface area contributed by atoms with E-state index in [0.717, 1.165) is 29.5 Å². The van der Waals surface area contributed by atoms with Gasteiger partial charge in [0.25, 0.3) is 0 Å². The predicted molar refractivity (Wildman–Crippen MR) is 103 cm³/mol. The molecule has 0 radical (unpaired) electrons. The normalized spacial score (nSPS) is 11.1. The van der Waals surface area contributed by atoms with Crippen LogP contribution in [0.15, 0.2) is 60.7 Å². The number of aryl methyl sites for hydroxylation is 1. The van der Waals surface area contributed by atoms with Crippen LogP contribution in [-0.2, 0) is 16.1 Å². The number of unbranched alkanes of at least 4 members (excludes halogenated alkanes) is 1. The molecule has 0 atom stereocenters. The van der Waals surface area contributed by atoms with Crippen molar-refractivity contribution < 1.29 is 14.3 Å². The van der Waals surface area contributed by atoms with Crippen LogP contribution in [0.2, 0.25) is 0 Å². The maximum atomic E-state index is 12.2. The van der Waals surface area contributed by atoms with Gasteiger partial charge in [-0.1, -0.05) is 67.9 Å². The van der Waals surface area contributed by atoms with Gasteiger partial charge < -0.3 is 4.74 Å². The van der Waals surface area contributed by atoms with Crippen molar-refractivity contribution in [2.45, 2.75) is 39.7 Å². The Hall–Kier alpha value is -2.88. The van der Waals surface area contributed by atoms with E-state index in [1.165, 1.54) is 6.08 Å². The molecule has 1 amide bonds. The lowest BCUT2D eigenvalue weighted by Gasteiger charge is -2.13. The van der Waals surface area contributed by atoms with Crippen molar-refractivity contribution in [2.24, 2.45) is 0 Å². The quantitative estimate of drug-likeness (QED) is 0.679. The molecule has 2 aromatic rings. The summed E-state index contributed by atoms with van der Waals surface area (Å²) in [4.78, 5) is 24.4. The third-order valence-corrected chi connectivity index (χ3v) is 3.97. The average molecular weight is 351 g/mol. The number of alkyl carbamates (subject to hydrolysis) is 1. The van der Waals surface area contributed by atoms with Gasteiger partial charge in [0, 0.05) is 18.1 Å². The monoisotopic (exact) mass is 351 g/mol. The lowest BCUT2D eigenvalue weighted by molar-refractivity contribution is -0.114. The lowest BCUT2D eigenvalue weighted by atomic mass is 10.0. The van der Waals surface area contributed by atoms with Crippen LogP contribution in [0.25, 0.3) is 5.70 Å². The molecule has 1 N–H and O–H groups in total. The predicted octanol–water partition coefficient (Wildman–Crippen LogP) is 5.02. The minimum absolute atomic E-state index is 0.00605. The van der Waals surface area contributed by atoms with Crippen LogP contribution in [0, 0.1) is 6.92 Å². The summed E-state index contributed by atoms with van der Waals surface area (Å²) in [6.45, 7) is 4.16. The molecule has 2 aromatic carbocycles. The molecule has 0 saturated carbocycles. The van der Waals surface area contributed by atoms with E-state index < -0.39 is 6.09 Å². The molecule has 0 aliphatic heterocycles. The van der Waals surface area contributed by atoms with Crippen LogP contribution < -0.4 is 5.32 Å². The minimum atomic E-state index is -0.577. The van der Waals surface area contributed by atoms with Gasteiger partial charge in [-0.15, -0.1) is 0 Å². The number of benzene rings is 2. The Kier molecular flexibility index (Phi) is 7.62. The number of nitrogens with one attached hydrogen (secondary N) is 1. The number of allylic oxidation sites excluding steroid dienone is 1. The van der Waals surface area contributed by atoms with Gasteiger partial charge in [0.05, 0.1) is 5.70 Å².